The molecular formula is C31H22F6N6O. The van der Waals surface area contributed by atoms with E-state index in [0.29, 0.717) is 38.6 Å². The number of benzene rings is 2. The van der Waals surface area contributed by atoms with Gasteiger partial charge in [0.15, 0.2) is 0 Å². The van der Waals surface area contributed by atoms with Crippen molar-refractivity contribution in [1.82, 2.24) is 30.0 Å². The van der Waals surface area contributed by atoms with Gasteiger partial charge in [-0.05, 0) is 60.2 Å². The van der Waals surface area contributed by atoms with Crippen molar-refractivity contribution in [3.63, 3.8) is 0 Å². The Bertz CT molecular complexity index is 1910. The van der Waals surface area contributed by atoms with Gasteiger partial charge in [0.2, 0.25) is 5.91 Å². The molecule has 1 N–H and O–H groups in total. The van der Waals surface area contributed by atoms with Crippen molar-refractivity contribution in [2.45, 2.75) is 43.7 Å². The number of halogens is 6. The molecule has 0 saturated heterocycles. The van der Waals surface area contributed by atoms with Gasteiger partial charge in [0, 0.05) is 41.7 Å². The van der Waals surface area contributed by atoms with Crippen LogP contribution < -0.4 is 5.32 Å². The molecule has 0 spiro atoms. The first-order valence-electron chi connectivity index (χ1n) is 13.8. The Morgan fingerprint density at radius 2 is 1.70 bits per heavy atom. The summed E-state index contributed by atoms with van der Waals surface area (Å²) >= 11 is 0. The molecule has 1 saturated carbocycles. The molecule has 0 radical (unpaired) electrons. The van der Waals surface area contributed by atoms with Crippen molar-refractivity contribution in [1.29, 1.82) is 0 Å². The fourth-order valence-corrected chi connectivity index (χ4v) is 6.20. The van der Waals surface area contributed by atoms with Crippen LogP contribution in [0.5, 0.6) is 0 Å². The number of fused-ring (bicyclic) bond motifs is 4. The maximum absolute atomic E-state index is 15.1. The summed E-state index contributed by atoms with van der Waals surface area (Å²) in [6.07, 6.45) is 1.45. The summed E-state index contributed by atoms with van der Waals surface area (Å²) < 4.78 is 86.6. The van der Waals surface area contributed by atoms with Gasteiger partial charge in [-0.3, -0.25) is 24.4 Å². The molecular weight excluding hydrogens is 586 g/mol. The van der Waals surface area contributed by atoms with Gasteiger partial charge in [-0.25, -0.2) is 17.6 Å². The summed E-state index contributed by atoms with van der Waals surface area (Å²) in [6, 6.07) is 10.7. The predicted molar refractivity (Wildman–Crippen MR) is 146 cm³/mol. The average Bonchev–Trinajstić information content (AvgIpc) is 3.64. The Kier molecular flexibility index (Phi) is 6.63. The molecule has 0 aliphatic heterocycles. The molecule has 13 heteroatoms. The summed E-state index contributed by atoms with van der Waals surface area (Å²) in [7, 11) is 0. The van der Waals surface area contributed by atoms with Crippen LogP contribution in [-0.2, 0) is 23.7 Å². The molecule has 1 fully saturated rings. The molecule has 2 aliphatic rings. The summed E-state index contributed by atoms with van der Waals surface area (Å²) in [4.78, 5) is 26.5. The van der Waals surface area contributed by atoms with Crippen LogP contribution in [0.3, 0.4) is 0 Å². The van der Waals surface area contributed by atoms with E-state index >= 15 is 8.78 Å². The number of pyridine rings is 1. The highest BCUT2D eigenvalue weighted by Gasteiger charge is 2.67. The summed E-state index contributed by atoms with van der Waals surface area (Å²) in [5.41, 5.74) is 1.39. The SMILES string of the molecule is O=C(Cn1nc(C(F)F)c2c1C(F)(F)C1CC21)N[C@@H](Cc1cc(F)cc(F)c1)c1ncccc1-c1ccc2nccnc2c1. The van der Waals surface area contributed by atoms with Gasteiger partial charge >= 0.3 is 0 Å². The van der Waals surface area contributed by atoms with Crippen LogP contribution in [0.15, 0.2) is 67.1 Å². The molecule has 0 bridgehead atoms. The molecule has 3 atom stereocenters. The predicted octanol–water partition coefficient (Wildman–Crippen LogP) is 6.41. The van der Waals surface area contributed by atoms with Crippen molar-refractivity contribution < 1.29 is 31.1 Å². The molecule has 7 nitrogen and oxygen atoms in total. The number of rotatable bonds is 8. The van der Waals surface area contributed by atoms with E-state index < -0.39 is 65.7 Å². The highest BCUT2D eigenvalue weighted by molar-refractivity contribution is 5.82. The Hall–Kier alpha value is -4.81. The lowest BCUT2D eigenvalue weighted by Gasteiger charge is -2.22. The average molecular weight is 609 g/mol. The number of nitrogens with one attached hydrogen (secondary N) is 1. The first kappa shape index (κ1) is 28.0. The molecule has 7 rings (SSSR count). The summed E-state index contributed by atoms with van der Waals surface area (Å²) in [5.74, 6) is -7.67. The molecule has 224 valence electrons. The molecule has 2 unspecified atom stereocenters. The third-order valence-electron chi connectivity index (χ3n) is 8.11. The van der Waals surface area contributed by atoms with Crippen molar-refractivity contribution in [3.05, 3.63) is 107 Å². The quantitative estimate of drug-likeness (QED) is 0.206. The first-order chi connectivity index (χ1) is 21.1. The molecule has 5 aromatic rings. The van der Waals surface area contributed by atoms with Crippen molar-refractivity contribution in [2.24, 2.45) is 5.92 Å². The zero-order valence-electron chi connectivity index (χ0n) is 22.7. The van der Waals surface area contributed by atoms with Crippen LogP contribution in [0.2, 0.25) is 0 Å². The van der Waals surface area contributed by atoms with Crippen molar-refractivity contribution in [3.8, 4) is 11.1 Å². The minimum Gasteiger partial charge on any atom is -0.346 e. The van der Waals surface area contributed by atoms with E-state index in [9.17, 15) is 22.4 Å². The lowest BCUT2D eigenvalue weighted by molar-refractivity contribution is -0.123. The van der Waals surface area contributed by atoms with E-state index in [2.05, 4.69) is 25.4 Å². The molecule has 2 aromatic carbocycles. The highest BCUT2D eigenvalue weighted by Crippen LogP contribution is 2.68. The summed E-state index contributed by atoms with van der Waals surface area (Å²) in [5, 5.41) is 6.45. The van der Waals surface area contributed by atoms with Crippen LogP contribution in [0, 0.1) is 17.6 Å². The number of aromatic nitrogens is 5. The lowest BCUT2D eigenvalue weighted by atomic mass is 9.95. The maximum Gasteiger partial charge on any atom is 0.293 e. The Labute approximate surface area is 246 Å². The van der Waals surface area contributed by atoms with E-state index in [1.54, 1.807) is 36.5 Å². The molecule has 2 aliphatic carbocycles. The van der Waals surface area contributed by atoms with Gasteiger partial charge in [-0.15, -0.1) is 0 Å². The number of amides is 1. The third kappa shape index (κ3) is 4.85. The van der Waals surface area contributed by atoms with Crippen LogP contribution in [0.4, 0.5) is 26.3 Å². The van der Waals surface area contributed by atoms with E-state index in [0.717, 1.165) is 12.1 Å². The largest absolute Gasteiger partial charge is 0.346 e. The van der Waals surface area contributed by atoms with Gasteiger partial charge in [0.25, 0.3) is 12.3 Å². The zero-order chi connectivity index (χ0) is 30.7. The summed E-state index contributed by atoms with van der Waals surface area (Å²) in [6.45, 7) is -0.772. The smallest absolute Gasteiger partial charge is 0.293 e. The Balaban J connectivity index is 1.25. The zero-order valence-corrected chi connectivity index (χ0v) is 22.7. The monoisotopic (exact) mass is 608 g/mol. The van der Waals surface area contributed by atoms with Gasteiger partial charge in [0.1, 0.15) is 29.6 Å². The second-order valence-electron chi connectivity index (χ2n) is 11.0. The van der Waals surface area contributed by atoms with Crippen LogP contribution in [0.25, 0.3) is 22.2 Å². The molecule has 3 heterocycles. The Morgan fingerprint density at radius 1 is 0.955 bits per heavy atom. The fourth-order valence-electron chi connectivity index (χ4n) is 6.20. The van der Waals surface area contributed by atoms with Crippen LogP contribution in [0.1, 0.15) is 53.0 Å². The second kappa shape index (κ2) is 10.4. The van der Waals surface area contributed by atoms with Crippen molar-refractivity contribution in [2.75, 3.05) is 0 Å². The van der Waals surface area contributed by atoms with Crippen LogP contribution in [-0.4, -0.2) is 30.6 Å². The number of carbonyl (C=O) groups is 1. The number of carbonyl (C=O) groups excluding carboxylic acids is 1. The minimum atomic E-state index is -3.40. The van der Waals surface area contributed by atoms with Gasteiger partial charge in [0.05, 0.1) is 22.8 Å². The third-order valence-corrected chi connectivity index (χ3v) is 8.11. The topological polar surface area (TPSA) is 85.6 Å². The van der Waals surface area contributed by atoms with E-state index in [4.69, 9.17) is 0 Å². The van der Waals surface area contributed by atoms with Gasteiger partial charge in [-0.2, -0.15) is 13.9 Å². The van der Waals surface area contributed by atoms with E-state index in [1.807, 2.05) is 0 Å². The van der Waals surface area contributed by atoms with Gasteiger partial charge in [-0.1, -0.05) is 12.1 Å². The standard InChI is InChI=1S/C31H22F6N6O/c32-17-8-15(9-18(33)12-17)10-24(27-19(2-1-5-40-27)16-3-4-22-23(11-16)39-7-6-38-22)41-25(44)14-43-29-26(28(42-43)30(34)35)20-13-21(20)31(29,36)37/h1-9,11-12,20-21,24,30H,10,13-14H2,(H,41,44)/t20?,21?,24-/m0/s1. The van der Waals surface area contributed by atoms with E-state index in [1.165, 1.54) is 12.4 Å². The molecule has 44 heavy (non-hydrogen) atoms. The number of nitrogens with zero attached hydrogens (tertiary/aromatic N) is 5. The number of alkyl halides is 4. The minimum absolute atomic E-state index is 0.0900. The highest BCUT2D eigenvalue weighted by atomic mass is 19.3. The Morgan fingerprint density at radius 3 is 2.45 bits per heavy atom. The second-order valence-corrected chi connectivity index (χ2v) is 11.0. The van der Waals surface area contributed by atoms with Crippen molar-refractivity contribution >= 4 is 16.9 Å². The molecule has 1 amide bonds. The fraction of sp³-hybridized carbons (Fsp3) is 0.258. The lowest BCUT2D eigenvalue weighted by Crippen LogP contribution is -2.35. The van der Waals surface area contributed by atoms with Crippen LogP contribution >= 0.6 is 0 Å². The maximum atomic E-state index is 15.1. The van der Waals surface area contributed by atoms with E-state index in [-0.39, 0.29) is 24.0 Å². The normalized spacial score (nSPS) is 18.7. The molecule has 3 aromatic heterocycles. The number of hydrogen-bond acceptors (Lipinski definition) is 5. The van der Waals surface area contributed by atoms with Gasteiger partial charge < -0.3 is 5.32 Å². The number of hydrogen-bond donors (Lipinski definition) is 1. The first-order valence-corrected chi connectivity index (χ1v) is 13.8.